The average molecular weight is 377 g/mol. The van der Waals surface area contributed by atoms with E-state index in [9.17, 15) is 14.3 Å². The van der Waals surface area contributed by atoms with Gasteiger partial charge in [-0.3, -0.25) is 4.79 Å². The van der Waals surface area contributed by atoms with Gasteiger partial charge in [-0.25, -0.2) is 4.39 Å². The molecular weight excluding hydrogens is 369 g/mol. The lowest BCUT2D eigenvalue weighted by molar-refractivity contribution is 0.103. The van der Waals surface area contributed by atoms with E-state index in [0.29, 0.717) is 5.56 Å². The Balaban J connectivity index is 2.43. The zero-order chi connectivity index (χ0) is 13.3. The highest BCUT2D eigenvalue weighted by Crippen LogP contribution is 2.28. The van der Waals surface area contributed by atoms with Crippen molar-refractivity contribution in [3.05, 3.63) is 61.9 Å². The Morgan fingerprint density at radius 2 is 1.78 bits per heavy atom. The van der Waals surface area contributed by atoms with Crippen molar-refractivity contribution in [1.29, 1.82) is 0 Å². The molecule has 2 aromatic carbocycles. The molecule has 0 radical (unpaired) electrons. The molecule has 0 bridgehead atoms. The number of rotatable bonds is 2. The predicted octanol–water partition coefficient (Wildman–Crippen LogP) is 4.02. The first-order valence-electron chi connectivity index (χ1n) is 4.97. The Bertz CT molecular complexity index is 588. The summed E-state index contributed by atoms with van der Waals surface area (Å²) < 4.78 is 14.3. The standard InChI is InChI=1S/C13H7ClFIO2/c14-10-5-8(6-11(15)13(10)18)12(17)7-1-3-9(16)4-2-7/h1-6,18H. The van der Waals surface area contributed by atoms with Crippen LogP contribution in [0, 0.1) is 9.39 Å². The molecule has 2 nitrogen and oxygen atoms in total. The van der Waals surface area contributed by atoms with Crippen molar-refractivity contribution in [3.8, 4) is 5.75 Å². The molecule has 0 aliphatic carbocycles. The number of halogens is 3. The molecular formula is C13H7ClFIO2. The van der Waals surface area contributed by atoms with Crippen molar-refractivity contribution in [2.75, 3.05) is 0 Å². The fourth-order valence-electron chi connectivity index (χ4n) is 1.46. The summed E-state index contributed by atoms with van der Waals surface area (Å²) in [4.78, 5) is 12.1. The molecule has 0 aliphatic heterocycles. The van der Waals surface area contributed by atoms with Crippen LogP contribution in [-0.4, -0.2) is 10.9 Å². The summed E-state index contributed by atoms with van der Waals surface area (Å²) in [7, 11) is 0. The third-order valence-corrected chi connectivity index (χ3v) is 3.39. The number of hydrogen-bond donors (Lipinski definition) is 1. The predicted molar refractivity (Wildman–Crippen MR) is 75.7 cm³/mol. The first-order chi connectivity index (χ1) is 8.49. The maximum Gasteiger partial charge on any atom is 0.193 e. The van der Waals surface area contributed by atoms with Gasteiger partial charge in [-0.05, 0) is 59.0 Å². The maximum atomic E-state index is 13.3. The van der Waals surface area contributed by atoms with E-state index in [-0.39, 0.29) is 16.4 Å². The summed E-state index contributed by atoms with van der Waals surface area (Å²) in [5.74, 6) is -1.89. The quantitative estimate of drug-likeness (QED) is 0.635. The Morgan fingerprint density at radius 1 is 1.17 bits per heavy atom. The van der Waals surface area contributed by atoms with E-state index in [4.69, 9.17) is 11.6 Å². The topological polar surface area (TPSA) is 37.3 Å². The molecule has 5 heteroatoms. The lowest BCUT2D eigenvalue weighted by atomic mass is 10.0. The van der Waals surface area contributed by atoms with Gasteiger partial charge in [-0.2, -0.15) is 0 Å². The molecule has 0 atom stereocenters. The van der Waals surface area contributed by atoms with E-state index in [1.54, 1.807) is 24.3 Å². The average Bonchev–Trinajstić information content (AvgIpc) is 2.35. The normalized spacial score (nSPS) is 10.4. The molecule has 0 fully saturated rings. The van der Waals surface area contributed by atoms with E-state index in [0.717, 1.165) is 9.64 Å². The van der Waals surface area contributed by atoms with Crippen LogP contribution in [0.1, 0.15) is 15.9 Å². The molecule has 0 aromatic heterocycles. The second-order valence-electron chi connectivity index (χ2n) is 3.62. The molecule has 92 valence electrons. The van der Waals surface area contributed by atoms with Gasteiger partial charge in [0.25, 0.3) is 0 Å². The lowest BCUT2D eigenvalue weighted by Crippen LogP contribution is -2.02. The van der Waals surface area contributed by atoms with Crippen LogP contribution in [-0.2, 0) is 0 Å². The van der Waals surface area contributed by atoms with E-state index in [1.165, 1.54) is 6.07 Å². The second kappa shape index (κ2) is 5.24. The van der Waals surface area contributed by atoms with Gasteiger partial charge in [0.2, 0.25) is 0 Å². The Kier molecular flexibility index (Phi) is 3.87. The van der Waals surface area contributed by atoms with Gasteiger partial charge in [0.1, 0.15) is 0 Å². The number of phenols is 1. The number of carbonyl (C=O) groups excluding carboxylic acids is 1. The van der Waals surface area contributed by atoms with Gasteiger partial charge in [-0.15, -0.1) is 0 Å². The first-order valence-corrected chi connectivity index (χ1v) is 6.43. The molecule has 0 unspecified atom stereocenters. The molecule has 0 aliphatic rings. The minimum atomic E-state index is -0.906. The largest absolute Gasteiger partial charge is 0.504 e. The van der Waals surface area contributed by atoms with Gasteiger partial charge >= 0.3 is 0 Å². The molecule has 0 amide bonds. The fourth-order valence-corrected chi connectivity index (χ4v) is 2.03. The monoisotopic (exact) mass is 376 g/mol. The van der Waals surface area contributed by atoms with Crippen molar-refractivity contribution >= 4 is 40.0 Å². The number of benzene rings is 2. The smallest absolute Gasteiger partial charge is 0.193 e. The molecule has 2 rings (SSSR count). The van der Waals surface area contributed by atoms with Gasteiger partial charge in [0.05, 0.1) is 5.02 Å². The van der Waals surface area contributed by atoms with Crippen molar-refractivity contribution in [2.45, 2.75) is 0 Å². The summed E-state index contributed by atoms with van der Waals surface area (Å²) in [5, 5.41) is 9.02. The number of hydrogen-bond acceptors (Lipinski definition) is 2. The van der Waals surface area contributed by atoms with Crippen LogP contribution >= 0.6 is 34.2 Å². The summed E-state index contributed by atoms with van der Waals surface area (Å²) in [6.45, 7) is 0. The van der Waals surface area contributed by atoms with Gasteiger partial charge in [0, 0.05) is 14.7 Å². The van der Waals surface area contributed by atoms with E-state index >= 15 is 0 Å². The van der Waals surface area contributed by atoms with E-state index in [2.05, 4.69) is 22.6 Å². The Morgan fingerprint density at radius 3 is 2.33 bits per heavy atom. The Hall–Kier alpha value is -1.14. The molecule has 18 heavy (non-hydrogen) atoms. The summed E-state index contributed by atoms with van der Waals surface area (Å²) >= 11 is 7.76. The second-order valence-corrected chi connectivity index (χ2v) is 5.28. The first kappa shape index (κ1) is 13.3. The van der Waals surface area contributed by atoms with Crippen molar-refractivity contribution < 1.29 is 14.3 Å². The van der Waals surface area contributed by atoms with Crippen LogP contribution in [0.15, 0.2) is 36.4 Å². The highest BCUT2D eigenvalue weighted by atomic mass is 127. The van der Waals surface area contributed by atoms with Crippen LogP contribution in [0.5, 0.6) is 5.75 Å². The van der Waals surface area contributed by atoms with Gasteiger partial charge in [0.15, 0.2) is 17.3 Å². The molecule has 0 heterocycles. The van der Waals surface area contributed by atoms with Crippen LogP contribution < -0.4 is 0 Å². The molecule has 2 aromatic rings. The van der Waals surface area contributed by atoms with Gasteiger partial charge < -0.3 is 5.11 Å². The Labute approximate surface area is 122 Å². The number of ketones is 1. The summed E-state index contributed by atoms with van der Waals surface area (Å²) in [6.07, 6.45) is 0. The maximum absolute atomic E-state index is 13.3. The zero-order valence-electron chi connectivity index (χ0n) is 8.95. The minimum absolute atomic E-state index is 0.108. The fraction of sp³-hybridized carbons (Fsp3) is 0. The third kappa shape index (κ3) is 2.64. The number of aromatic hydroxyl groups is 1. The number of carbonyl (C=O) groups is 1. The van der Waals surface area contributed by atoms with Crippen LogP contribution in [0.4, 0.5) is 4.39 Å². The molecule has 0 saturated carbocycles. The summed E-state index contributed by atoms with van der Waals surface area (Å²) in [6, 6.07) is 9.10. The van der Waals surface area contributed by atoms with Gasteiger partial charge in [-0.1, -0.05) is 11.6 Å². The van der Waals surface area contributed by atoms with Crippen LogP contribution in [0.25, 0.3) is 0 Å². The van der Waals surface area contributed by atoms with E-state index < -0.39 is 11.6 Å². The van der Waals surface area contributed by atoms with Crippen LogP contribution in [0.3, 0.4) is 0 Å². The highest BCUT2D eigenvalue weighted by molar-refractivity contribution is 14.1. The summed E-state index contributed by atoms with van der Waals surface area (Å²) in [5.41, 5.74) is 0.549. The highest BCUT2D eigenvalue weighted by Gasteiger charge is 2.14. The SMILES string of the molecule is O=C(c1ccc(I)cc1)c1cc(F)c(O)c(Cl)c1. The molecule has 0 spiro atoms. The third-order valence-electron chi connectivity index (χ3n) is 2.39. The van der Waals surface area contributed by atoms with Crippen molar-refractivity contribution in [1.82, 2.24) is 0 Å². The van der Waals surface area contributed by atoms with Crippen molar-refractivity contribution in [3.63, 3.8) is 0 Å². The van der Waals surface area contributed by atoms with Crippen LogP contribution in [0.2, 0.25) is 5.02 Å². The van der Waals surface area contributed by atoms with E-state index in [1.807, 2.05) is 0 Å². The van der Waals surface area contributed by atoms with Crippen molar-refractivity contribution in [2.24, 2.45) is 0 Å². The lowest BCUT2D eigenvalue weighted by Gasteiger charge is -2.04. The zero-order valence-corrected chi connectivity index (χ0v) is 11.9. The molecule has 1 N–H and O–H groups in total. The minimum Gasteiger partial charge on any atom is -0.504 e. The number of phenolic OH excluding ortho intramolecular Hbond substituents is 1. The molecule has 0 saturated heterocycles.